The molecule has 0 aromatic heterocycles. The molecule has 0 amide bonds. The summed E-state index contributed by atoms with van der Waals surface area (Å²) in [5.41, 5.74) is 0. The highest BCUT2D eigenvalue weighted by molar-refractivity contribution is 6.17. The average molecular weight is 108 g/mol. The Morgan fingerprint density at radius 1 is 1.50 bits per heavy atom. The molecular formula is C6H8N2. The Balaban J connectivity index is 2.37. The molecule has 0 fully saturated rings. The zero-order valence-corrected chi connectivity index (χ0v) is 4.62. The van der Waals surface area contributed by atoms with E-state index in [0.29, 0.717) is 0 Å². The first-order valence-corrected chi connectivity index (χ1v) is 2.59. The van der Waals surface area contributed by atoms with Crippen molar-refractivity contribution in [1.82, 2.24) is 0 Å². The zero-order valence-electron chi connectivity index (χ0n) is 4.62. The van der Waals surface area contributed by atoms with Crippen LogP contribution in [-0.2, 0) is 0 Å². The summed E-state index contributed by atoms with van der Waals surface area (Å²) in [5, 5.41) is 0. The van der Waals surface area contributed by atoms with Gasteiger partial charge in [0.05, 0.1) is 0 Å². The van der Waals surface area contributed by atoms with Crippen LogP contribution in [0.3, 0.4) is 0 Å². The van der Waals surface area contributed by atoms with E-state index in [1.165, 1.54) is 0 Å². The van der Waals surface area contributed by atoms with Gasteiger partial charge in [-0.25, -0.2) is 0 Å². The molecule has 1 rings (SSSR count). The molecule has 0 aromatic carbocycles. The zero-order chi connectivity index (χ0) is 5.82. The molecule has 8 heavy (non-hydrogen) atoms. The Hall–Kier alpha value is -0.920. The van der Waals surface area contributed by atoms with Gasteiger partial charge in [-0.3, -0.25) is 9.98 Å². The lowest BCUT2D eigenvalue weighted by Crippen LogP contribution is -1.91. The maximum atomic E-state index is 4.01. The molecular weight excluding hydrogens is 100 g/mol. The standard InChI is InChI=1S/C6H8N2/c1-2-3-6-7-4-5-8-6/h2,4-6H,1,3H2. The molecule has 0 radical (unpaired) electrons. The van der Waals surface area contributed by atoms with Crippen molar-refractivity contribution in [3.8, 4) is 0 Å². The Morgan fingerprint density at radius 3 is 2.62 bits per heavy atom. The lowest BCUT2D eigenvalue weighted by atomic mass is 10.4. The van der Waals surface area contributed by atoms with E-state index in [0.717, 1.165) is 6.42 Å². The molecule has 0 saturated carbocycles. The van der Waals surface area contributed by atoms with Crippen molar-refractivity contribution in [2.45, 2.75) is 12.6 Å². The van der Waals surface area contributed by atoms with Crippen LogP contribution in [0, 0.1) is 0 Å². The molecule has 1 aliphatic rings. The molecule has 2 nitrogen and oxygen atoms in total. The fourth-order valence-corrected chi connectivity index (χ4v) is 0.585. The van der Waals surface area contributed by atoms with E-state index in [9.17, 15) is 0 Å². The molecule has 42 valence electrons. The third kappa shape index (κ3) is 1.03. The van der Waals surface area contributed by atoms with Gasteiger partial charge in [0.1, 0.15) is 6.17 Å². The van der Waals surface area contributed by atoms with Crippen LogP contribution >= 0.6 is 0 Å². The Labute approximate surface area is 48.7 Å². The van der Waals surface area contributed by atoms with E-state index in [1.807, 2.05) is 6.08 Å². The lowest BCUT2D eigenvalue weighted by molar-refractivity contribution is 0.745. The molecule has 0 unspecified atom stereocenters. The number of rotatable bonds is 2. The fraction of sp³-hybridized carbons (Fsp3) is 0.333. The minimum atomic E-state index is 0.132. The van der Waals surface area contributed by atoms with Gasteiger partial charge >= 0.3 is 0 Å². The Morgan fingerprint density at radius 2 is 2.12 bits per heavy atom. The first-order chi connectivity index (χ1) is 3.93. The SMILES string of the molecule is C=CCC1N=CC=N1. The predicted octanol–water partition coefficient (Wildman–Crippen LogP) is 1.04. The second kappa shape index (κ2) is 2.40. The van der Waals surface area contributed by atoms with E-state index in [1.54, 1.807) is 12.4 Å². The number of aliphatic imine (C=N–C) groups is 2. The summed E-state index contributed by atoms with van der Waals surface area (Å²) < 4.78 is 0. The summed E-state index contributed by atoms with van der Waals surface area (Å²) in [4.78, 5) is 8.01. The first kappa shape index (κ1) is 5.22. The molecule has 1 aliphatic heterocycles. The molecule has 0 aromatic rings. The lowest BCUT2D eigenvalue weighted by Gasteiger charge is -1.94. The van der Waals surface area contributed by atoms with Gasteiger partial charge in [-0.15, -0.1) is 6.58 Å². The predicted molar refractivity (Wildman–Crippen MR) is 35.6 cm³/mol. The third-order valence-corrected chi connectivity index (χ3v) is 0.960. The van der Waals surface area contributed by atoms with Crippen LogP contribution < -0.4 is 0 Å². The maximum absolute atomic E-state index is 4.01. The molecule has 0 atom stereocenters. The molecule has 0 aliphatic carbocycles. The summed E-state index contributed by atoms with van der Waals surface area (Å²) >= 11 is 0. The van der Waals surface area contributed by atoms with Gasteiger partial charge < -0.3 is 0 Å². The average Bonchev–Trinajstić information content (AvgIpc) is 2.19. The topological polar surface area (TPSA) is 24.7 Å². The highest BCUT2D eigenvalue weighted by Crippen LogP contribution is 2.01. The van der Waals surface area contributed by atoms with Crippen LogP contribution in [-0.4, -0.2) is 18.6 Å². The highest BCUT2D eigenvalue weighted by Gasteiger charge is 2.00. The summed E-state index contributed by atoms with van der Waals surface area (Å²) in [5.74, 6) is 0. The van der Waals surface area contributed by atoms with E-state index in [-0.39, 0.29) is 6.17 Å². The summed E-state index contributed by atoms with van der Waals surface area (Å²) in [6.07, 6.45) is 6.24. The van der Waals surface area contributed by atoms with E-state index in [2.05, 4.69) is 16.6 Å². The molecule has 0 N–H and O–H groups in total. The van der Waals surface area contributed by atoms with Crippen molar-refractivity contribution in [3.05, 3.63) is 12.7 Å². The fourth-order valence-electron chi connectivity index (χ4n) is 0.585. The van der Waals surface area contributed by atoms with Crippen LogP contribution in [0.25, 0.3) is 0 Å². The maximum Gasteiger partial charge on any atom is 0.143 e. The molecule has 0 bridgehead atoms. The van der Waals surface area contributed by atoms with E-state index >= 15 is 0 Å². The molecule has 0 spiro atoms. The molecule has 0 saturated heterocycles. The van der Waals surface area contributed by atoms with Crippen LogP contribution in [0.5, 0.6) is 0 Å². The number of hydrogen-bond donors (Lipinski definition) is 0. The monoisotopic (exact) mass is 108 g/mol. The summed E-state index contributed by atoms with van der Waals surface area (Å²) in [7, 11) is 0. The van der Waals surface area contributed by atoms with E-state index < -0.39 is 0 Å². The quantitative estimate of drug-likeness (QED) is 0.472. The van der Waals surface area contributed by atoms with Crippen molar-refractivity contribution in [2.24, 2.45) is 9.98 Å². The molecule has 2 heteroatoms. The van der Waals surface area contributed by atoms with Gasteiger partial charge in [0.25, 0.3) is 0 Å². The van der Waals surface area contributed by atoms with Crippen molar-refractivity contribution >= 4 is 12.4 Å². The smallest absolute Gasteiger partial charge is 0.143 e. The van der Waals surface area contributed by atoms with Crippen LogP contribution in [0.15, 0.2) is 22.6 Å². The summed E-state index contributed by atoms with van der Waals surface area (Å²) in [6.45, 7) is 3.58. The van der Waals surface area contributed by atoms with Gasteiger partial charge in [0.15, 0.2) is 0 Å². The molecule has 1 heterocycles. The third-order valence-electron chi connectivity index (χ3n) is 0.960. The second-order valence-corrected chi connectivity index (χ2v) is 1.60. The van der Waals surface area contributed by atoms with Crippen molar-refractivity contribution in [2.75, 3.05) is 0 Å². The number of hydrogen-bond acceptors (Lipinski definition) is 2. The van der Waals surface area contributed by atoms with Gasteiger partial charge in [0.2, 0.25) is 0 Å². The largest absolute Gasteiger partial charge is 0.265 e. The van der Waals surface area contributed by atoms with Crippen molar-refractivity contribution < 1.29 is 0 Å². The normalized spacial score (nSPS) is 17.5. The van der Waals surface area contributed by atoms with Gasteiger partial charge in [-0.2, -0.15) is 0 Å². The van der Waals surface area contributed by atoms with Gasteiger partial charge in [0, 0.05) is 18.9 Å². The Kier molecular flexibility index (Phi) is 1.57. The van der Waals surface area contributed by atoms with Crippen LogP contribution in [0.1, 0.15) is 6.42 Å². The first-order valence-electron chi connectivity index (χ1n) is 2.59. The van der Waals surface area contributed by atoms with E-state index in [4.69, 9.17) is 0 Å². The second-order valence-electron chi connectivity index (χ2n) is 1.60. The highest BCUT2D eigenvalue weighted by atomic mass is 15.0. The van der Waals surface area contributed by atoms with Crippen molar-refractivity contribution in [3.63, 3.8) is 0 Å². The van der Waals surface area contributed by atoms with Crippen LogP contribution in [0.4, 0.5) is 0 Å². The summed E-state index contributed by atoms with van der Waals surface area (Å²) in [6, 6.07) is 0. The van der Waals surface area contributed by atoms with Gasteiger partial charge in [-0.1, -0.05) is 6.08 Å². The number of nitrogens with zero attached hydrogens (tertiary/aromatic N) is 2. The Bertz CT molecular complexity index is 123. The van der Waals surface area contributed by atoms with Crippen LogP contribution in [0.2, 0.25) is 0 Å². The minimum absolute atomic E-state index is 0.132. The minimum Gasteiger partial charge on any atom is -0.265 e. The van der Waals surface area contributed by atoms with Gasteiger partial charge in [-0.05, 0) is 0 Å². The van der Waals surface area contributed by atoms with Crippen molar-refractivity contribution in [1.29, 1.82) is 0 Å².